The molecule has 0 bridgehead atoms. The van der Waals surface area contributed by atoms with E-state index in [0.29, 0.717) is 77.3 Å². The molecule has 14 nitrogen and oxygen atoms in total. The number of aliphatic hydroxyl groups is 1. The third kappa shape index (κ3) is 10.8. The van der Waals surface area contributed by atoms with Crippen LogP contribution in [0.5, 0.6) is 5.75 Å². The maximum Gasteiger partial charge on any atom is 0.255 e. The Morgan fingerprint density at radius 2 is 1.65 bits per heavy atom. The van der Waals surface area contributed by atoms with Gasteiger partial charge in [-0.2, -0.15) is 0 Å². The van der Waals surface area contributed by atoms with Crippen molar-refractivity contribution in [1.29, 1.82) is 0 Å². The van der Waals surface area contributed by atoms with Crippen molar-refractivity contribution in [2.75, 3.05) is 72.6 Å². The Hall–Kier alpha value is -3.96. The number of ether oxygens (including phenoxy) is 5. The van der Waals surface area contributed by atoms with Gasteiger partial charge in [0.1, 0.15) is 24.4 Å². The van der Waals surface area contributed by atoms with E-state index in [-0.39, 0.29) is 49.8 Å². The highest BCUT2D eigenvalue weighted by Gasteiger charge is 2.45. The number of aryl methyl sites for hydroxylation is 1. The maximum atomic E-state index is 14.1. The minimum Gasteiger partial charge on any atom is -0.491 e. The van der Waals surface area contributed by atoms with Crippen LogP contribution in [-0.2, 0) is 41.6 Å². The number of aliphatic hydroxyl groups excluding tert-OH is 1. The minimum atomic E-state index is -0.894. The van der Waals surface area contributed by atoms with E-state index in [4.69, 9.17) is 29.4 Å². The van der Waals surface area contributed by atoms with Crippen molar-refractivity contribution in [2.24, 2.45) is 11.7 Å². The van der Waals surface area contributed by atoms with E-state index < -0.39 is 18.2 Å². The van der Waals surface area contributed by atoms with Gasteiger partial charge in [-0.05, 0) is 36.1 Å². The van der Waals surface area contributed by atoms with Gasteiger partial charge in [-0.1, -0.05) is 44.2 Å². The van der Waals surface area contributed by atoms with Gasteiger partial charge in [-0.25, -0.2) is 4.98 Å². The Balaban J connectivity index is 1.16. The Morgan fingerprint density at radius 3 is 2.28 bits per heavy atom. The summed E-state index contributed by atoms with van der Waals surface area (Å²) < 4.78 is 28.2. The van der Waals surface area contributed by atoms with Gasteiger partial charge in [0.15, 0.2) is 0 Å². The molecular weight excluding hydrogens is 715 g/mol. The average molecular weight is 768 g/mol. The second-order valence-electron chi connectivity index (χ2n) is 13.6. The molecule has 1 aromatic heterocycles. The van der Waals surface area contributed by atoms with Crippen LogP contribution in [0, 0.1) is 12.8 Å². The first kappa shape index (κ1) is 41.2. The number of carbonyl (C=O) groups excluding carboxylic acids is 3. The Bertz CT molecular complexity index is 1690. The zero-order chi connectivity index (χ0) is 38.5. The number of rotatable bonds is 22. The number of aromatic nitrogens is 1. The van der Waals surface area contributed by atoms with Gasteiger partial charge < -0.3 is 49.6 Å². The first-order valence-electron chi connectivity index (χ1n) is 18.5. The van der Waals surface area contributed by atoms with Crippen LogP contribution in [0.1, 0.15) is 47.4 Å². The number of likely N-dealkylation sites (tertiary alicyclic amines) is 1. The molecule has 0 aliphatic carbocycles. The Labute approximate surface area is 320 Å². The molecule has 3 amide bonds. The van der Waals surface area contributed by atoms with Crippen molar-refractivity contribution in [1.82, 2.24) is 20.1 Å². The molecule has 1 fully saturated rings. The lowest BCUT2D eigenvalue weighted by atomic mass is 10.0. The number of carbonyl (C=O) groups is 3. The number of nitrogens with one attached hydrogen (secondary N) is 1. The van der Waals surface area contributed by atoms with Gasteiger partial charge in [0.05, 0.1) is 75.0 Å². The summed E-state index contributed by atoms with van der Waals surface area (Å²) in [5, 5.41) is 13.6. The van der Waals surface area contributed by atoms with E-state index in [0.717, 1.165) is 27.3 Å². The Kier molecular flexibility index (Phi) is 15.8. The van der Waals surface area contributed by atoms with Crippen LogP contribution in [0.15, 0.2) is 48.0 Å². The van der Waals surface area contributed by atoms with E-state index in [1.807, 2.05) is 57.2 Å². The highest BCUT2D eigenvalue weighted by molar-refractivity contribution is 7.13. The van der Waals surface area contributed by atoms with E-state index in [1.165, 1.54) is 16.2 Å². The molecule has 1 saturated heterocycles. The summed E-state index contributed by atoms with van der Waals surface area (Å²) >= 11 is 1.53. The summed E-state index contributed by atoms with van der Waals surface area (Å²) in [6, 6.07) is 11.5. The number of benzene rings is 2. The Morgan fingerprint density at radius 1 is 0.981 bits per heavy atom. The molecule has 4 N–H and O–H groups in total. The van der Waals surface area contributed by atoms with Gasteiger partial charge in [0.2, 0.25) is 11.8 Å². The summed E-state index contributed by atoms with van der Waals surface area (Å²) in [6.07, 6.45) is -0.767. The second kappa shape index (κ2) is 20.6. The summed E-state index contributed by atoms with van der Waals surface area (Å²) in [5.41, 5.74) is 11.2. The monoisotopic (exact) mass is 767 g/mol. The largest absolute Gasteiger partial charge is 0.491 e. The maximum absolute atomic E-state index is 14.1. The third-order valence-electron chi connectivity index (χ3n) is 9.33. The fraction of sp³-hybridized carbons (Fsp3) is 0.538. The zero-order valence-electron chi connectivity index (χ0n) is 31.4. The number of fused-ring (bicyclic) bond motifs is 1. The van der Waals surface area contributed by atoms with E-state index in [1.54, 1.807) is 16.5 Å². The van der Waals surface area contributed by atoms with Crippen molar-refractivity contribution in [3.8, 4) is 16.2 Å². The number of nitrogens with two attached hydrogens (primary N) is 1. The topological polar surface area (TPSA) is 175 Å². The molecule has 2 aliphatic rings. The van der Waals surface area contributed by atoms with Crippen LogP contribution in [-0.4, -0.2) is 128 Å². The van der Waals surface area contributed by atoms with E-state index >= 15 is 0 Å². The van der Waals surface area contributed by atoms with Gasteiger partial charge in [0.25, 0.3) is 5.91 Å². The van der Waals surface area contributed by atoms with Gasteiger partial charge in [-0.3, -0.25) is 14.4 Å². The lowest BCUT2D eigenvalue weighted by molar-refractivity contribution is -0.143. The SMILES string of the molecule is Cc1ncsc1-c1ccc(CNC(=O)[C@@H]2C[C@@H](O)CN2C(=O)[C@H](C(C)C)N2Cc3ccccc3C2=O)c(OCCOCCOCCOCCOCCN)c1. The number of hydrogen-bond donors (Lipinski definition) is 3. The van der Waals surface area contributed by atoms with Crippen LogP contribution >= 0.6 is 11.3 Å². The van der Waals surface area contributed by atoms with Gasteiger partial charge in [-0.15, -0.1) is 11.3 Å². The van der Waals surface area contributed by atoms with E-state index in [9.17, 15) is 19.5 Å². The molecule has 3 heterocycles. The normalized spacial score (nSPS) is 17.3. The number of hydrogen-bond acceptors (Lipinski definition) is 12. The quantitative estimate of drug-likeness (QED) is 0.128. The van der Waals surface area contributed by atoms with Crippen molar-refractivity contribution < 1.29 is 43.2 Å². The molecule has 0 saturated carbocycles. The molecule has 5 rings (SSSR count). The van der Waals surface area contributed by atoms with Gasteiger partial charge >= 0.3 is 0 Å². The molecule has 2 aromatic carbocycles. The lowest BCUT2D eigenvalue weighted by Crippen LogP contribution is -2.55. The van der Waals surface area contributed by atoms with Gasteiger partial charge in [0, 0.05) is 43.7 Å². The van der Waals surface area contributed by atoms with E-state index in [2.05, 4.69) is 10.3 Å². The van der Waals surface area contributed by atoms with Crippen LogP contribution in [0.25, 0.3) is 10.4 Å². The summed E-state index contributed by atoms with van der Waals surface area (Å²) in [4.78, 5) is 49.7. The highest BCUT2D eigenvalue weighted by Crippen LogP contribution is 2.33. The molecule has 0 radical (unpaired) electrons. The predicted molar refractivity (Wildman–Crippen MR) is 203 cm³/mol. The van der Waals surface area contributed by atoms with Crippen LogP contribution in [0.3, 0.4) is 0 Å². The first-order valence-corrected chi connectivity index (χ1v) is 19.4. The lowest BCUT2D eigenvalue weighted by Gasteiger charge is -2.35. The fourth-order valence-electron chi connectivity index (χ4n) is 6.67. The van der Waals surface area contributed by atoms with Crippen LogP contribution in [0.4, 0.5) is 0 Å². The van der Waals surface area contributed by atoms with Crippen molar-refractivity contribution in [2.45, 2.75) is 58.5 Å². The highest BCUT2D eigenvalue weighted by atomic mass is 32.1. The minimum absolute atomic E-state index is 0.0102. The number of β-amino-alcohol motifs (C(OH)–C–C–N with tert-alkyl or cyclic N) is 1. The van der Waals surface area contributed by atoms with Crippen molar-refractivity contribution in [3.05, 3.63) is 70.4 Å². The zero-order valence-corrected chi connectivity index (χ0v) is 32.2. The molecule has 294 valence electrons. The predicted octanol–water partition coefficient (Wildman–Crippen LogP) is 2.78. The van der Waals surface area contributed by atoms with Crippen LogP contribution in [0.2, 0.25) is 0 Å². The second-order valence-corrected chi connectivity index (χ2v) is 14.4. The molecule has 15 heteroatoms. The average Bonchev–Trinajstić information content (AvgIpc) is 3.87. The number of nitrogens with zero attached hydrogens (tertiary/aromatic N) is 3. The first-order chi connectivity index (χ1) is 26.2. The summed E-state index contributed by atoms with van der Waals surface area (Å²) in [5.74, 6) is -0.575. The molecule has 0 unspecified atom stereocenters. The molecule has 3 atom stereocenters. The summed E-state index contributed by atoms with van der Waals surface area (Å²) in [6.45, 7) is 10.5. The molecule has 54 heavy (non-hydrogen) atoms. The fourth-order valence-corrected chi connectivity index (χ4v) is 7.47. The molecule has 3 aromatic rings. The molecule has 0 spiro atoms. The summed E-state index contributed by atoms with van der Waals surface area (Å²) in [7, 11) is 0. The van der Waals surface area contributed by atoms with Crippen molar-refractivity contribution in [3.63, 3.8) is 0 Å². The third-order valence-corrected chi connectivity index (χ3v) is 10.3. The standard InChI is InChI=1S/C39H53N5O9S/c1-26(2)35(44-23-30-6-4-5-7-32(30)38(44)47)39(48)43-24-31(45)21-33(43)37(46)41-22-29-9-8-28(36-27(3)42-25-54-36)20-34(29)53-19-18-52-17-16-51-15-14-50-13-12-49-11-10-40/h4-9,20,25-26,31,33,35,45H,10-19,21-24,40H2,1-3H3,(H,41,46)/t31-,33+,35+/m1/s1. The number of thiazole rings is 1. The molecule has 2 aliphatic heterocycles. The van der Waals surface area contributed by atoms with Crippen molar-refractivity contribution >= 4 is 29.1 Å². The van der Waals surface area contributed by atoms with Crippen LogP contribution < -0.4 is 15.8 Å². The molecular formula is C39H53N5O9S. The smallest absolute Gasteiger partial charge is 0.255 e. The number of amides is 3.